The van der Waals surface area contributed by atoms with Gasteiger partial charge in [0.05, 0.1) is 30.4 Å². The number of ether oxygens (including phenoxy) is 1. The topological polar surface area (TPSA) is 87.9 Å². The average Bonchev–Trinajstić information content (AvgIpc) is 3.55. The number of carbonyl (C=O) groups excluding carboxylic acids is 1. The van der Waals surface area contributed by atoms with Crippen LogP contribution in [0.5, 0.6) is 11.5 Å². The maximum absolute atomic E-state index is 14.2. The molecule has 2 aromatic carbocycles. The van der Waals surface area contributed by atoms with Crippen LogP contribution >= 0.6 is 0 Å². The second-order valence-corrected chi connectivity index (χ2v) is 8.51. The Bertz CT molecular complexity index is 1420. The molecular weight excluding hydrogens is 454 g/mol. The van der Waals surface area contributed by atoms with Gasteiger partial charge in [-0.2, -0.15) is 4.39 Å². The van der Waals surface area contributed by atoms with E-state index >= 15 is 0 Å². The van der Waals surface area contributed by atoms with E-state index in [1.165, 1.54) is 12.1 Å². The highest BCUT2D eigenvalue weighted by Gasteiger charge is 2.24. The Labute approximate surface area is 200 Å². The SMILES string of the molecule is Cc1cc(-c2cnc3c(NCCO)cc(Oc4cccc(F)c4F)cn23)ccc1C(=O)NC1CC1. The van der Waals surface area contributed by atoms with Gasteiger partial charge in [0.2, 0.25) is 5.82 Å². The van der Waals surface area contributed by atoms with Crippen molar-refractivity contribution in [1.82, 2.24) is 14.7 Å². The molecule has 1 amide bonds. The second kappa shape index (κ2) is 9.34. The van der Waals surface area contributed by atoms with Crippen LogP contribution in [0.4, 0.5) is 14.5 Å². The van der Waals surface area contributed by atoms with E-state index < -0.39 is 11.6 Å². The molecule has 3 N–H and O–H groups in total. The predicted octanol–water partition coefficient (Wildman–Crippen LogP) is 4.68. The number of aliphatic hydroxyl groups is 1. The number of aryl methyl sites for hydroxylation is 1. The summed E-state index contributed by atoms with van der Waals surface area (Å²) in [6, 6.07) is 11.1. The molecule has 0 radical (unpaired) electrons. The fraction of sp³-hybridized carbons (Fsp3) is 0.231. The quantitative estimate of drug-likeness (QED) is 0.342. The molecule has 5 rings (SSSR count). The second-order valence-electron chi connectivity index (χ2n) is 8.51. The summed E-state index contributed by atoms with van der Waals surface area (Å²) in [6.07, 6.45) is 5.35. The number of fused-ring (bicyclic) bond motifs is 1. The number of hydrogen-bond acceptors (Lipinski definition) is 5. The summed E-state index contributed by atoms with van der Waals surface area (Å²) in [7, 11) is 0. The first-order valence-corrected chi connectivity index (χ1v) is 11.3. The predicted molar refractivity (Wildman–Crippen MR) is 128 cm³/mol. The van der Waals surface area contributed by atoms with E-state index in [9.17, 15) is 18.7 Å². The number of pyridine rings is 1. The molecule has 0 saturated heterocycles. The van der Waals surface area contributed by atoms with Gasteiger partial charge in [0, 0.05) is 29.8 Å². The lowest BCUT2D eigenvalue weighted by Crippen LogP contribution is -2.26. The monoisotopic (exact) mass is 478 g/mol. The van der Waals surface area contributed by atoms with Crippen molar-refractivity contribution >= 4 is 17.2 Å². The van der Waals surface area contributed by atoms with Crippen LogP contribution in [0, 0.1) is 18.6 Å². The van der Waals surface area contributed by atoms with Gasteiger partial charge in [0.1, 0.15) is 5.75 Å². The highest BCUT2D eigenvalue weighted by atomic mass is 19.2. The molecule has 1 saturated carbocycles. The maximum atomic E-state index is 14.2. The van der Waals surface area contributed by atoms with Crippen LogP contribution in [0.2, 0.25) is 0 Å². The van der Waals surface area contributed by atoms with Gasteiger partial charge in [0.15, 0.2) is 17.2 Å². The normalized spacial score (nSPS) is 13.1. The van der Waals surface area contributed by atoms with Gasteiger partial charge < -0.3 is 20.5 Å². The van der Waals surface area contributed by atoms with Gasteiger partial charge >= 0.3 is 0 Å². The van der Waals surface area contributed by atoms with Crippen molar-refractivity contribution in [2.45, 2.75) is 25.8 Å². The minimum Gasteiger partial charge on any atom is -0.453 e. The standard InChI is InChI=1S/C26H24F2N4O3/c1-15-11-16(5-8-19(15)26(34)31-17-6-7-17)22-13-30-25-21(29-9-10-33)12-18(14-32(22)25)35-23-4-2-3-20(27)24(23)28/h2-5,8,11-14,17,29,33H,6-7,9-10H2,1H3,(H,31,34). The van der Waals surface area contributed by atoms with Crippen molar-refractivity contribution in [3.8, 4) is 22.8 Å². The van der Waals surface area contributed by atoms with Gasteiger partial charge in [-0.25, -0.2) is 9.37 Å². The summed E-state index contributed by atoms with van der Waals surface area (Å²) in [4.78, 5) is 17.0. The first-order valence-electron chi connectivity index (χ1n) is 11.3. The molecule has 7 nitrogen and oxygen atoms in total. The molecule has 0 aliphatic heterocycles. The van der Waals surface area contributed by atoms with Gasteiger partial charge in [-0.15, -0.1) is 0 Å². The number of amides is 1. The summed E-state index contributed by atoms with van der Waals surface area (Å²) in [6.45, 7) is 2.04. The van der Waals surface area contributed by atoms with Crippen molar-refractivity contribution in [3.05, 3.63) is 77.6 Å². The van der Waals surface area contributed by atoms with E-state index in [1.807, 2.05) is 19.1 Å². The maximum Gasteiger partial charge on any atom is 0.251 e. The van der Waals surface area contributed by atoms with Crippen LogP contribution in [0.3, 0.4) is 0 Å². The lowest BCUT2D eigenvalue weighted by atomic mass is 10.0. The molecule has 9 heteroatoms. The van der Waals surface area contributed by atoms with Crippen molar-refractivity contribution in [2.75, 3.05) is 18.5 Å². The summed E-state index contributed by atoms with van der Waals surface area (Å²) in [5.41, 5.74) is 4.09. The van der Waals surface area contributed by atoms with E-state index in [2.05, 4.69) is 15.6 Å². The summed E-state index contributed by atoms with van der Waals surface area (Å²) in [5, 5.41) is 15.4. The minimum absolute atomic E-state index is 0.0852. The number of anilines is 1. The zero-order chi connectivity index (χ0) is 24.5. The van der Waals surface area contributed by atoms with Crippen LogP contribution < -0.4 is 15.4 Å². The van der Waals surface area contributed by atoms with Crippen LogP contribution in [-0.2, 0) is 0 Å². The number of nitrogens with zero attached hydrogens (tertiary/aromatic N) is 2. The van der Waals surface area contributed by atoms with Gasteiger partial charge in [-0.05, 0) is 49.6 Å². The third-order valence-electron chi connectivity index (χ3n) is 5.83. The number of halogens is 2. The number of carbonyl (C=O) groups is 1. The molecule has 2 heterocycles. The highest BCUT2D eigenvalue weighted by Crippen LogP contribution is 2.33. The zero-order valence-electron chi connectivity index (χ0n) is 19.0. The van der Waals surface area contributed by atoms with E-state index in [4.69, 9.17) is 4.74 Å². The Balaban J connectivity index is 1.54. The third kappa shape index (κ3) is 4.67. The molecular formula is C26H24F2N4O3. The number of rotatable bonds is 8. The zero-order valence-corrected chi connectivity index (χ0v) is 19.0. The van der Waals surface area contributed by atoms with E-state index in [0.29, 0.717) is 16.9 Å². The number of imidazole rings is 1. The summed E-state index contributed by atoms with van der Waals surface area (Å²) in [5.74, 6) is -2.18. The van der Waals surface area contributed by atoms with Crippen LogP contribution in [0.1, 0.15) is 28.8 Å². The van der Waals surface area contributed by atoms with Crippen molar-refractivity contribution in [2.24, 2.45) is 0 Å². The minimum atomic E-state index is -1.08. The fourth-order valence-electron chi connectivity index (χ4n) is 3.91. The molecule has 0 bridgehead atoms. The van der Waals surface area contributed by atoms with Crippen LogP contribution in [-0.4, -0.2) is 39.6 Å². The average molecular weight is 478 g/mol. The lowest BCUT2D eigenvalue weighted by Gasteiger charge is -2.13. The number of benzene rings is 2. The molecule has 180 valence electrons. The molecule has 1 aliphatic carbocycles. The first-order chi connectivity index (χ1) is 16.9. The smallest absolute Gasteiger partial charge is 0.251 e. The Kier molecular flexibility index (Phi) is 6.08. The van der Waals surface area contributed by atoms with Gasteiger partial charge in [0.25, 0.3) is 5.91 Å². The lowest BCUT2D eigenvalue weighted by molar-refractivity contribution is 0.0950. The Morgan fingerprint density at radius 3 is 2.80 bits per heavy atom. The Morgan fingerprint density at radius 2 is 2.06 bits per heavy atom. The molecule has 1 fully saturated rings. The number of aromatic nitrogens is 2. The molecule has 35 heavy (non-hydrogen) atoms. The number of hydrogen-bond donors (Lipinski definition) is 3. The van der Waals surface area contributed by atoms with Gasteiger partial charge in [-0.1, -0.05) is 12.1 Å². The number of aliphatic hydroxyl groups excluding tert-OH is 1. The molecule has 0 atom stereocenters. The highest BCUT2D eigenvalue weighted by molar-refractivity contribution is 5.96. The van der Waals surface area contributed by atoms with E-state index in [-0.39, 0.29) is 36.6 Å². The summed E-state index contributed by atoms with van der Waals surface area (Å²) >= 11 is 0. The van der Waals surface area contributed by atoms with Crippen LogP contribution in [0.15, 0.2) is 54.9 Å². The largest absolute Gasteiger partial charge is 0.453 e. The van der Waals surface area contributed by atoms with Crippen molar-refractivity contribution in [3.63, 3.8) is 0 Å². The Morgan fingerprint density at radius 1 is 1.23 bits per heavy atom. The van der Waals surface area contributed by atoms with Crippen molar-refractivity contribution < 1.29 is 23.4 Å². The molecule has 1 aliphatic rings. The molecule has 0 spiro atoms. The number of nitrogens with one attached hydrogen (secondary N) is 2. The molecule has 4 aromatic rings. The fourth-order valence-corrected chi connectivity index (χ4v) is 3.91. The third-order valence-corrected chi connectivity index (χ3v) is 5.83. The van der Waals surface area contributed by atoms with Crippen LogP contribution in [0.25, 0.3) is 16.9 Å². The Hall–Kier alpha value is -3.98. The van der Waals surface area contributed by atoms with E-state index in [1.54, 1.807) is 28.9 Å². The molecule has 0 unspecified atom stereocenters. The summed E-state index contributed by atoms with van der Waals surface area (Å²) < 4.78 is 35.3. The van der Waals surface area contributed by atoms with Gasteiger partial charge in [-0.3, -0.25) is 9.20 Å². The molecule has 2 aromatic heterocycles. The van der Waals surface area contributed by atoms with Crippen molar-refractivity contribution in [1.29, 1.82) is 0 Å². The first kappa shape index (κ1) is 22.8. The van der Waals surface area contributed by atoms with E-state index in [0.717, 1.165) is 35.7 Å².